The molecular weight excluding hydrogens is 310 g/mol. The molecule has 1 aromatic rings. The first-order valence-corrected chi connectivity index (χ1v) is 9.27. The second kappa shape index (κ2) is 8.80. The minimum Gasteiger partial charge on any atom is -0.494 e. The van der Waals surface area contributed by atoms with Crippen LogP contribution in [0, 0.1) is 11.8 Å². The van der Waals surface area contributed by atoms with E-state index in [0.29, 0.717) is 12.2 Å². The van der Waals surface area contributed by atoms with Crippen LogP contribution in [0.3, 0.4) is 0 Å². The number of ether oxygens (including phenoxy) is 1. The van der Waals surface area contributed by atoms with Gasteiger partial charge in [-0.15, -0.1) is 0 Å². The SMILES string of the molecule is CCCOc1ccc(C(O)(C2CCCCC2)C(CC)C(F)F)cc1. The summed E-state index contributed by atoms with van der Waals surface area (Å²) in [6, 6.07) is 7.11. The van der Waals surface area contributed by atoms with E-state index in [9.17, 15) is 13.9 Å². The van der Waals surface area contributed by atoms with Crippen LogP contribution in [0.15, 0.2) is 24.3 Å². The third kappa shape index (κ3) is 4.08. The van der Waals surface area contributed by atoms with Crippen LogP contribution in [-0.2, 0) is 5.60 Å². The summed E-state index contributed by atoms with van der Waals surface area (Å²) in [4.78, 5) is 0. The predicted molar refractivity (Wildman–Crippen MR) is 92.5 cm³/mol. The van der Waals surface area contributed by atoms with E-state index in [1.807, 2.05) is 6.92 Å². The Hall–Kier alpha value is -1.16. The van der Waals surface area contributed by atoms with Crippen LogP contribution >= 0.6 is 0 Å². The fourth-order valence-electron chi connectivity index (χ4n) is 4.01. The summed E-state index contributed by atoms with van der Waals surface area (Å²) in [6.45, 7) is 4.40. The maximum Gasteiger partial charge on any atom is 0.244 e. The highest BCUT2D eigenvalue weighted by molar-refractivity contribution is 5.32. The lowest BCUT2D eigenvalue weighted by molar-refractivity contribution is -0.136. The molecule has 1 fully saturated rings. The smallest absolute Gasteiger partial charge is 0.244 e. The van der Waals surface area contributed by atoms with Gasteiger partial charge < -0.3 is 9.84 Å². The maximum atomic E-state index is 13.7. The Morgan fingerprint density at radius 1 is 1.12 bits per heavy atom. The molecule has 2 atom stereocenters. The lowest BCUT2D eigenvalue weighted by atomic mass is 9.66. The molecule has 2 rings (SSSR count). The van der Waals surface area contributed by atoms with Crippen LogP contribution in [0.4, 0.5) is 8.78 Å². The van der Waals surface area contributed by atoms with Gasteiger partial charge in [0.05, 0.1) is 12.5 Å². The summed E-state index contributed by atoms with van der Waals surface area (Å²) < 4.78 is 33.0. The molecule has 2 unspecified atom stereocenters. The largest absolute Gasteiger partial charge is 0.494 e. The van der Waals surface area contributed by atoms with Gasteiger partial charge in [0.25, 0.3) is 0 Å². The van der Waals surface area contributed by atoms with Gasteiger partial charge in [0.2, 0.25) is 6.43 Å². The Bertz CT molecular complexity index is 483. The number of hydrogen-bond donors (Lipinski definition) is 1. The monoisotopic (exact) mass is 340 g/mol. The highest BCUT2D eigenvalue weighted by Crippen LogP contribution is 2.47. The Labute approximate surface area is 144 Å². The molecule has 1 aromatic carbocycles. The lowest BCUT2D eigenvalue weighted by Gasteiger charge is -2.44. The minimum absolute atomic E-state index is 0.104. The van der Waals surface area contributed by atoms with Crippen molar-refractivity contribution in [3.8, 4) is 5.75 Å². The molecular formula is C20H30F2O2. The number of aliphatic hydroxyl groups is 1. The van der Waals surface area contributed by atoms with Crippen molar-refractivity contribution in [1.82, 2.24) is 0 Å². The maximum absolute atomic E-state index is 13.7. The molecule has 1 N–H and O–H groups in total. The summed E-state index contributed by atoms with van der Waals surface area (Å²) in [7, 11) is 0. The number of alkyl halides is 2. The number of rotatable bonds is 8. The molecule has 24 heavy (non-hydrogen) atoms. The number of halogens is 2. The second-order valence-corrected chi connectivity index (χ2v) is 6.88. The van der Waals surface area contributed by atoms with Crippen molar-refractivity contribution < 1.29 is 18.6 Å². The predicted octanol–water partition coefficient (Wildman–Crippen LogP) is 5.53. The summed E-state index contributed by atoms with van der Waals surface area (Å²) in [5.74, 6) is -0.424. The van der Waals surface area contributed by atoms with Crippen LogP contribution < -0.4 is 4.74 Å². The third-order valence-corrected chi connectivity index (χ3v) is 5.33. The molecule has 1 aliphatic rings. The van der Waals surface area contributed by atoms with Gasteiger partial charge >= 0.3 is 0 Å². The average Bonchev–Trinajstić information content (AvgIpc) is 2.61. The fourth-order valence-corrected chi connectivity index (χ4v) is 4.01. The molecule has 2 nitrogen and oxygen atoms in total. The molecule has 0 amide bonds. The summed E-state index contributed by atoms with van der Waals surface area (Å²) >= 11 is 0. The van der Waals surface area contributed by atoms with Gasteiger partial charge in [0.1, 0.15) is 11.4 Å². The van der Waals surface area contributed by atoms with Crippen LogP contribution in [0.25, 0.3) is 0 Å². The lowest BCUT2D eigenvalue weighted by Crippen LogP contribution is -2.46. The van der Waals surface area contributed by atoms with Gasteiger partial charge in [-0.2, -0.15) is 0 Å². The van der Waals surface area contributed by atoms with Crippen molar-refractivity contribution in [1.29, 1.82) is 0 Å². The quantitative estimate of drug-likeness (QED) is 0.674. The minimum atomic E-state index is -2.53. The van der Waals surface area contributed by atoms with E-state index >= 15 is 0 Å². The molecule has 1 aliphatic carbocycles. The highest BCUT2D eigenvalue weighted by Gasteiger charge is 2.48. The van der Waals surface area contributed by atoms with E-state index in [4.69, 9.17) is 4.74 Å². The highest BCUT2D eigenvalue weighted by atomic mass is 19.3. The van der Waals surface area contributed by atoms with Crippen molar-refractivity contribution in [3.63, 3.8) is 0 Å². The van der Waals surface area contributed by atoms with Crippen molar-refractivity contribution in [2.75, 3.05) is 6.61 Å². The first-order valence-electron chi connectivity index (χ1n) is 9.27. The van der Waals surface area contributed by atoms with Crippen molar-refractivity contribution in [2.45, 2.75) is 70.8 Å². The van der Waals surface area contributed by atoms with E-state index in [1.165, 1.54) is 0 Å². The zero-order valence-electron chi connectivity index (χ0n) is 14.8. The molecule has 4 heteroatoms. The van der Waals surface area contributed by atoms with Gasteiger partial charge in [-0.1, -0.05) is 45.2 Å². The molecule has 0 aromatic heterocycles. The van der Waals surface area contributed by atoms with E-state index in [0.717, 1.165) is 44.3 Å². The van der Waals surface area contributed by atoms with Crippen LogP contribution in [-0.4, -0.2) is 18.1 Å². The fraction of sp³-hybridized carbons (Fsp3) is 0.700. The van der Waals surface area contributed by atoms with Gasteiger partial charge in [0, 0.05) is 0 Å². The zero-order valence-corrected chi connectivity index (χ0v) is 14.8. The molecule has 0 aliphatic heterocycles. The van der Waals surface area contributed by atoms with Crippen molar-refractivity contribution in [3.05, 3.63) is 29.8 Å². The van der Waals surface area contributed by atoms with Gasteiger partial charge in [-0.3, -0.25) is 0 Å². The molecule has 0 bridgehead atoms. The van der Waals surface area contributed by atoms with Crippen molar-refractivity contribution >= 4 is 0 Å². The van der Waals surface area contributed by atoms with Gasteiger partial charge in [0.15, 0.2) is 0 Å². The molecule has 136 valence electrons. The van der Waals surface area contributed by atoms with E-state index in [-0.39, 0.29) is 12.3 Å². The first-order chi connectivity index (χ1) is 11.5. The number of hydrogen-bond acceptors (Lipinski definition) is 2. The summed E-state index contributed by atoms with van der Waals surface area (Å²) in [5, 5.41) is 11.5. The molecule has 1 saturated carbocycles. The van der Waals surface area contributed by atoms with E-state index < -0.39 is 17.9 Å². The van der Waals surface area contributed by atoms with Gasteiger partial charge in [-0.05, 0) is 49.3 Å². The summed E-state index contributed by atoms with van der Waals surface area (Å²) in [5.41, 5.74) is -0.863. The first kappa shape index (κ1) is 19.2. The van der Waals surface area contributed by atoms with Crippen LogP contribution in [0.2, 0.25) is 0 Å². The Morgan fingerprint density at radius 2 is 1.75 bits per heavy atom. The van der Waals surface area contributed by atoms with E-state index in [2.05, 4.69) is 0 Å². The third-order valence-electron chi connectivity index (χ3n) is 5.33. The average molecular weight is 340 g/mol. The second-order valence-electron chi connectivity index (χ2n) is 6.88. The zero-order chi connectivity index (χ0) is 17.6. The molecule has 0 radical (unpaired) electrons. The Morgan fingerprint density at radius 3 is 2.25 bits per heavy atom. The normalized spacial score (nSPS) is 19.9. The Balaban J connectivity index is 2.33. The topological polar surface area (TPSA) is 29.5 Å². The standard InChI is InChI=1S/C20H30F2O2/c1-3-14-24-17-12-10-16(11-13-17)20(23,18(4-2)19(21)22)15-8-6-5-7-9-15/h10-13,15,18-19,23H,3-9,14H2,1-2H3. The molecule has 0 saturated heterocycles. The number of benzene rings is 1. The van der Waals surface area contributed by atoms with Gasteiger partial charge in [-0.25, -0.2) is 8.78 Å². The summed E-state index contributed by atoms with van der Waals surface area (Å²) in [6.07, 6.45) is 3.41. The van der Waals surface area contributed by atoms with Crippen molar-refractivity contribution in [2.24, 2.45) is 11.8 Å². The van der Waals surface area contributed by atoms with Crippen LogP contribution in [0.5, 0.6) is 5.75 Å². The molecule has 0 spiro atoms. The molecule has 0 heterocycles. The van der Waals surface area contributed by atoms with E-state index in [1.54, 1.807) is 31.2 Å². The Kier molecular flexibility index (Phi) is 7.02. The van der Waals surface area contributed by atoms with Crippen LogP contribution in [0.1, 0.15) is 64.4 Å².